The summed E-state index contributed by atoms with van der Waals surface area (Å²) in [4.78, 5) is 23.3. The third-order valence-electron chi connectivity index (χ3n) is 4.74. The van der Waals surface area contributed by atoms with Crippen molar-refractivity contribution < 1.29 is 9.59 Å². The van der Waals surface area contributed by atoms with E-state index in [1.165, 1.54) is 37.1 Å². The predicted molar refractivity (Wildman–Crippen MR) is 105 cm³/mol. The quantitative estimate of drug-likeness (QED) is 0.373. The molecule has 6 heteroatoms. The molecule has 1 unspecified atom stereocenters. The molecule has 0 bridgehead atoms. The highest BCUT2D eigenvalue weighted by atomic mass is 16.2. The van der Waals surface area contributed by atoms with Crippen LogP contribution in [-0.4, -0.2) is 24.9 Å². The van der Waals surface area contributed by atoms with Crippen LogP contribution in [0, 0.1) is 11.3 Å². The zero-order valence-electron chi connectivity index (χ0n) is 16.1. The van der Waals surface area contributed by atoms with Gasteiger partial charge in [0.05, 0.1) is 6.04 Å². The zero-order chi connectivity index (χ0) is 19.6. The van der Waals surface area contributed by atoms with E-state index >= 15 is 0 Å². The molecule has 1 aromatic rings. The highest BCUT2D eigenvalue weighted by Gasteiger charge is 2.18. The fourth-order valence-electron chi connectivity index (χ4n) is 3.26. The van der Waals surface area contributed by atoms with E-state index in [9.17, 15) is 14.9 Å². The van der Waals surface area contributed by atoms with Crippen LogP contribution in [-0.2, 0) is 22.4 Å². The largest absolute Gasteiger partial charge is 0.388 e. The molecule has 0 radical (unpaired) electrons. The monoisotopic (exact) mass is 368 g/mol. The lowest BCUT2D eigenvalue weighted by Gasteiger charge is -2.21. The van der Waals surface area contributed by atoms with E-state index in [4.69, 9.17) is 0 Å². The number of nitrogens with zero attached hydrogens (tertiary/aromatic N) is 1. The van der Waals surface area contributed by atoms with Gasteiger partial charge in [0, 0.05) is 26.2 Å². The van der Waals surface area contributed by atoms with E-state index in [1.807, 2.05) is 13.0 Å². The highest BCUT2D eigenvalue weighted by Crippen LogP contribution is 2.26. The Hall–Kier alpha value is -2.81. The molecule has 0 saturated carbocycles. The lowest BCUT2D eigenvalue weighted by molar-refractivity contribution is -0.119. The van der Waals surface area contributed by atoms with Crippen molar-refractivity contribution in [1.29, 1.82) is 5.26 Å². The van der Waals surface area contributed by atoms with Gasteiger partial charge < -0.3 is 16.0 Å². The Kier molecular flexibility index (Phi) is 7.87. The van der Waals surface area contributed by atoms with Crippen molar-refractivity contribution in [3.8, 4) is 6.07 Å². The van der Waals surface area contributed by atoms with Crippen LogP contribution in [0.4, 0.5) is 0 Å². The first kappa shape index (κ1) is 20.5. The Morgan fingerprint density at radius 1 is 1.22 bits per heavy atom. The first-order valence-corrected chi connectivity index (χ1v) is 9.55. The summed E-state index contributed by atoms with van der Waals surface area (Å²) in [5, 5.41) is 17.8. The molecule has 0 aromatic heterocycles. The van der Waals surface area contributed by atoms with Gasteiger partial charge in [-0.15, -0.1) is 0 Å². The van der Waals surface area contributed by atoms with Gasteiger partial charge in [-0.2, -0.15) is 5.26 Å². The Balaban J connectivity index is 1.98. The van der Waals surface area contributed by atoms with Crippen molar-refractivity contribution in [3.05, 3.63) is 46.7 Å². The van der Waals surface area contributed by atoms with Gasteiger partial charge in [0.1, 0.15) is 11.6 Å². The SMILES string of the molecule is CCC(NC(=O)/C(C#N)=C\NCCNC(C)=O)c1ccc2c(c1)CCCC2. The van der Waals surface area contributed by atoms with Crippen LogP contribution in [0.25, 0.3) is 0 Å². The first-order chi connectivity index (χ1) is 13.0. The van der Waals surface area contributed by atoms with Crippen LogP contribution in [0.5, 0.6) is 0 Å². The number of aryl methyl sites for hydroxylation is 2. The van der Waals surface area contributed by atoms with Gasteiger partial charge in [-0.25, -0.2) is 0 Å². The Labute approximate surface area is 161 Å². The van der Waals surface area contributed by atoms with Gasteiger partial charge >= 0.3 is 0 Å². The molecule has 0 spiro atoms. The average Bonchev–Trinajstić information content (AvgIpc) is 2.68. The lowest BCUT2D eigenvalue weighted by atomic mass is 9.88. The molecule has 1 atom stereocenters. The number of hydrogen-bond acceptors (Lipinski definition) is 4. The molecule has 1 aliphatic rings. The molecule has 144 valence electrons. The molecular formula is C21H28N4O2. The van der Waals surface area contributed by atoms with Crippen LogP contribution >= 0.6 is 0 Å². The minimum absolute atomic E-state index is 0.0224. The summed E-state index contributed by atoms with van der Waals surface area (Å²) in [6.07, 6.45) is 6.83. The second-order valence-corrected chi connectivity index (χ2v) is 6.78. The minimum Gasteiger partial charge on any atom is -0.388 e. The van der Waals surface area contributed by atoms with Crippen LogP contribution in [0.2, 0.25) is 0 Å². The van der Waals surface area contributed by atoms with Crippen LogP contribution in [0.3, 0.4) is 0 Å². The summed E-state index contributed by atoms with van der Waals surface area (Å²) in [5.74, 6) is -0.510. The second-order valence-electron chi connectivity index (χ2n) is 6.78. The van der Waals surface area contributed by atoms with E-state index in [-0.39, 0.29) is 17.5 Å². The van der Waals surface area contributed by atoms with E-state index in [0.29, 0.717) is 13.1 Å². The van der Waals surface area contributed by atoms with Crippen LogP contribution in [0.1, 0.15) is 55.8 Å². The third-order valence-corrected chi connectivity index (χ3v) is 4.74. The molecule has 27 heavy (non-hydrogen) atoms. The van der Waals surface area contributed by atoms with Gasteiger partial charge in [0.2, 0.25) is 5.91 Å². The fraction of sp³-hybridized carbons (Fsp3) is 0.476. The zero-order valence-corrected chi connectivity index (χ0v) is 16.1. The van der Waals surface area contributed by atoms with Crippen LogP contribution < -0.4 is 16.0 Å². The Bertz CT molecular complexity index is 749. The molecular weight excluding hydrogens is 340 g/mol. The van der Waals surface area contributed by atoms with Gasteiger partial charge in [0.25, 0.3) is 5.91 Å². The summed E-state index contributed by atoms with van der Waals surface area (Å²) in [6, 6.07) is 8.26. The molecule has 0 fully saturated rings. The average molecular weight is 368 g/mol. The van der Waals surface area contributed by atoms with Gasteiger partial charge in [-0.3, -0.25) is 9.59 Å². The number of amides is 2. The molecule has 0 aliphatic heterocycles. The Morgan fingerprint density at radius 2 is 1.96 bits per heavy atom. The predicted octanol–water partition coefficient (Wildman–Crippen LogP) is 2.27. The van der Waals surface area contributed by atoms with Crippen molar-refractivity contribution >= 4 is 11.8 Å². The maximum absolute atomic E-state index is 12.5. The van der Waals surface area contributed by atoms with E-state index in [0.717, 1.165) is 24.8 Å². The molecule has 1 aromatic carbocycles. The lowest BCUT2D eigenvalue weighted by Crippen LogP contribution is -2.31. The number of fused-ring (bicyclic) bond motifs is 1. The number of carbonyl (C=O) groups excluding carboxylic acids is 2. The summed E-state index contributed by atoms with van der Waals surface area (Å²) in [5.41, 5.74) is 3.89. The summed E-state index contributed by atoms with van der Waals surface area (Å²) < 4.78 is 0. The topological polar surface area (TPSA) is 94.0 Å². The summed E-state index contributed by atoms with van der Waals surface area (Å²) >= 11 is 0. The van der Waals surface area contributed by atoms with E-state index in [2.05, 4.69) is 34.1 Å². The van der Waals surface area contributed by atoms with Gasteiger partial charge in [-0.1, -0.05) is 25.1 Å². The van der Waals surface area contributed by atoms with Crippen LogP contribution in [0.15, 0.2) is 30.0 Å². The van der Waals surface area contributed by atoms with Crippen molar-refractivity contribution in [2.75, 3.05) is 13.1 Å². The standard InChI is InChI=1S/C21H28N4O2/c1-3-20(18-9-8-16-6-4-5-7-17(16)12-18)25-21(27)19(13-22)14-23-10-11-24-15(2)26/h8-9,12,14,20,23H,3-7,10-11H2,1-2H3,(H,24,26)(H,25,27)/b19-14-. The maximum atomic E-state index is 12.5. The number of nitriles is 1. The van der Waals surface area contributed by atoms with Gasteiger partial charge in [0.15, 0.2) is 0 Å². The number of benzene rings is 1. The third kappa shape index (κ3) is 6.14. The number of carbonyl (C=O) groups is 2. The molecule has 0 saturated heterocycles. The number of hydrogen-bond donors (Lipinski definition) is 3. The molecule has 1 aliphatic carbocycles. The smallest absolute Gasteiger partial charge is 0.263 e. The van der Waals surface area contributed by atoms with Crippen molar-refractivity contribution in [2.24, 2.45) is 0 Å². The second kappa shape index (κ2) is 10.4. The number of rotatable bonds is 8. The number of nitrogens with one attached hydrogen (secondary N) is 3. The first-order valence-electron chi connectivity index (χ1n) is 9.55. The Morgan fingerprint density at radius 3 is 2.63 bits per heavy atom. The molecule has 0 heterocycles. The minimum atomic E-state index is -0.394. The van der Waals surface area contributed by atoms with Crippen molar-refractivity contribution in [2.45, 2.75) is 52.0 Å². The molecule has 3 N–H and O–H groups in total. The molecule has 2 amide bonds. The van der Waals surface area contributed by atoms with E-state index < -0.39 is 5.91 Å². The highest BCUT2D eigenvalue weighted by molar-refractivity contribution is 5.97. The molecule has 6 nitrogen and oxygen atoms in total. The van der Waals surface area contributed by atoms with Crippen molar-refractivity contribution in [1.82, 2.24) is 16.0 Å². The normalized spacial score (nSPS) is 14.5. The summed E-state index contributed by atoms with van der Waals surface area (Å²) in [6.45, 7) is 4.33. The maximum Gasteiger partial charge on any atom is 0.263 e. The molecule has 2 rings (SSSR count). The van der Waals surface area contributed by atoms with Crippen molar-refractivity contribution in [3.63, 3.8) is 0 Å². The summed E-state index contributed by atoms with van der Waals surface area (Å²) in [7, 11) is 0. The van der Waals surface area contributed by atoms with Gasteiger partial charge in [-0.05, 0) is 48.8 Å². The fourth-order valence-corrected chi connectivity index (χ4v) is 3.26. The van der Waals surface area contributed by atoms with E-state index in [1.54, 1.807) is 0 Å².